The maximum absolute atomic E-state index is 11.6. The molecular formula is C14H17N3O2. The molecule has 0 aliphatic carbocycles. The third-order valence-corrected chi connectivity index (χ3v) is 2.88. The van der Waals surface area contributed by atoms with Crippen LogP contribution in [-0.4, -0.2) is 9.66 Å². The van der Waals surface area contributed by atoms with Gasteiger partial charge in [0.15, 0.2) is 0 Å². The molecule has 0 amide bonds. The van der Waals surface area contributed by atoms with Crippen molar-refractivity contribution in [1.82, 2.24) is 9.66 Å². The Bertz CT molecular complexity index is 658. The van der Waals surface area contributed by atoms with E-state index in [0.29, 0.717) is 0 Å². The summed E-state index contributed by atoms with van der Waals surface area (Å²) in [5, 5.41) is 0. The van der Waals surface area contributed by atoms with Crippen LogP contribution in [0.5, 0.6) is 0 Å². The molecule has 100 valence electrons. The molecule has 0 spiro atoms. The minimum Gasteiger partial charge on any atom is -0.290 e. The van der Waals surface area contributed by atoms with Gasteiger partial charge in [0.1, 0.15) is 0 Å². The third kappa shape index (κ3) is 3.34. The molecule has 0 aliphatic heterocycles. The molecule has 2 N–H and O–H groups in total. The van der Waals surface area contributed by atoms with Crippen LogP contribution in [-0.2, 0) is 6.42 Å². The lowest BCUT2D eigenvalue weighted by Gasteiger charge is -2.12. The number of rotatable bonds is 5. The number of unbranched alkanes of at least 4 members (excludes halogenated alkanes) is 1. The molecule has 0 unspecified atom stereocenters. The first kappa shape index (κ1) is 13.1. The summed E-state index contributed by atoms with van der Waals surface area (Å²) in [5.74, 6) is 0. The molecule has 0 bridgehead atoms. The van der Waals surface area contributed by atoms with E-state index in [1.165, 1.54) is 16.9 Å². The molecule has 19 heavy (non-hydrogen) atoms. The van der Waals surface area contributed by atoms with E-state index in [1.54, 1.807) is 0 Å². The maximum atomic E-state index is 11.6. The van der Waals surface area contributed by atoms with E-state index in [1.807, 2.05) is 24.3 Å². The van der Waals surface area contributed by atoms with Gasteiger partial charge in [-0.3, -0.25) is 15.2 Å². The SMILES string of the molecule is CCCCc1ccccc1Nn1ccc(=O)[nH]c1=O. The lowest BCUT2D eigenvalue weighted by atomic mass is 10.1. The van der Waals surface area contributed by atoms with Crippen molar-refractivity contribution >= 4 is 5.69 Å². The average Bonchev–Trinajstić information content (AvgIpc) is 2.41. The zero-order chi connectivity index (χ0) is 13.7. The molecule has 5 nitrogen and oxygen atoms in total. The smallest absolute Gasteiger partial charge is 0.290 e. The minimum absolute atomic E-state index is 0.401. The summed E-state index contributed by atoms with van der Waals surface area (Å²) >= 11 is 0. The lowest BCUT2D eigenvalue weighted by Crippen LogP contribution is -2.32. The monoisotopic (exact) mass is 259 g/mol. The summed E-state index contributed by atoms with van der Waals surface area (Å²) in [6, 6.07) is 9.15. The highest BCUT2D eigenvalue weighted by Gasteiger charge is 2.02. The first-order chi connectivity index (χ1) is 9.20. The van der Waals surface area contributed by atoms with Crippen molar-refractivity contribution < 1.29 is 0 Å². The Morgan fingerprint density at radius 2 is 2.00 bits per heavy atom. The van der Waals surface area contributed by atoms with Gasteiger partial charge >= 0.3 is 5.69 Å². The van der Waals surface area contributed by atoms with Crippen molar-refractivity contribution in [2.45, 2.75) is 26.2 Å². The van der Waals surface area contributed by atoms with Crippen LogP contribution in [0.25, 0.3) is 0 Å². The van der Waals surface area contributed by atoms with Crippen molar-refractivity contribution in [3.05, 3.63) is 62.9 Å². The van der Waals surface area contributed by atoms with E-state index in [-0.39, 0.29) is 0 Å². The highest BCUT2D eigenvalue weighted by molar-refractivity contribution is 5.50. The molecule has 0 aliphatic rings. The number of nitrogens with zero attached hydrogens (tertiary/aromatic N) is 1. The van der Waals surface area contributed by atoms with Crippen molar-refractivity contribution in [3.63, 3.8) is 0 Å². The number of aryl methyl sites for hydroxylation is 1. The van der Waals surface area contributed by atoms with Gasteiger partial charge in [-0.05, 0) is 24.5 Å². The Balaban J connectivity index is 2.27. The van der Waals surface area contributed by atoms with E-state index in [2.05, 4.69) is 17.3 Å². The van der Waals surface area contributed by atoms with Crippen LogP contribution < -0.4 is 16.7 Å². The van der Waals surface area contributed by atoms with E-state index >= 15 is 0 Å². The van der Waals surface area contributed by atoms with Crippen LogP contribution in [0.1, 0.15) is 25.3 Å². The van der Waals surface area contributed by atoms with Gasteiger partial charge in [0, 0.05) is 12.3 Å². The summed E-state index contributed by atoms with van der Waals surface area (Å²) in [4.78, 5) is 24.8. The maximum Gasteiger partial charge on any atom is 0.347 e. The highest BCUT2D eigenvalue weighted by atomic mass is 16.2. The number of anilines is 1. The quantitative estimate of drug-likeness (QED) is 0.859. The van der Waals surface area contributed by atoms with Gasteiger partial charge in [-0.1, -0.05) is 31.5 Å². The van der Waals surface area contributed by atoms with E-state index in [0.717, 1.165) is 30.5 Å². The lowest BCUT2D eigenvalue weighted by molar-refractivity contribution is 0.786. The van der Waals surface area contributed by atoms with Crippen LogP contribution in [0.4, 0.5) is 5.69 Å². The van der Waals surface area contributed by atoms with Crippen LogP contribution >= 0.6 is 0 Å². The second kappa shape index (κ2) is 6.04. The fourth-order valence-electron chi connectivity index (χ4n) is 1.85. The summed E-state index contributed by atoms with van der Waals surface area (Å²) in [5.41, 5.74) is 4.17. The predicted octanol–water partition coefficient (Wildman–Crippen LogP) is 1.75. The first-order valence-electron chi connectivity index (χ1n) is 6.37. The standard InChI is InChI=1S/C14H17N3O2/c1-2-3-6-11-7-4-5-8-12(11)16-17-10-9-13(18)15-14(17)19/h4-5,7-10,16H,2-3,6H2,1H3,(H,15,18,19). The fourth-order valence-corrected chi connectivity index (χ4v) is 1.85. The molecule has 0 saturated heterocycles. The summed E-state index contributed by atoms with van der Waals surface area (Å²) in [6.07, 6.45) is 4.60. The zero-order valence-corrected chi connectivity index (χ0v) is 10.8. The number of para-hydroxylation sites is 1. The van der Waals surface area contributed by atoms with Gasteiger partial charge in [0.2, 0.25) is 0 Å². The third-order valence-electron chi connectivity index (χ3n) is 2.88. The molecule has 2 aromatic rings. The second-order valence-corrected chi connectivity index (χ2v) is 4.35. The molecular weight excluding hydrogens is 242 g/mol. The number of nitrogens with one attached hydrogen (secondary N) is 2. The number of aromatic amines is 1. The zero-order valence-electron chi connectivity index (χ0n) is 10.8. The molecule has 0 saturated carbocycles. The molecule has 0 radical (unpaired) electrons. The molecule has 1 aromatic heterocycles. The Labute approximate surface area is 110 Å². The second-order valence-electron chi connectivity index (χ2n) is 4.35. The van der Waals surface area contributed by atoms with Gasteiger partial charge in [0.05, 0.1) is 5.69 Å². The van der Waals surface area contributed by atoms with E-state index in [9.17, 15) is 9.59 Å². The predicted molar refractivity (Wildman–Crippen MR) is 75.4 cm³/mol. The molecule has 0 atom stereocenters. The van der Waals surface area contributed by atoms with Gasteiger partial charge in [0.25, 0.3) is 5.56 Å². The van der Waals surface area contributed by atoms with Crippen LogP contribution in [0, 0.1) is 0 Å². The van der Waals surface area contributed by atoms with Crippen molar-refractivity contribution in [1.29, 1.82) is 0 Å². The largest absolute Gasteiger partial charge is 0.347 e. The molecule has 1 heterocycles. The van der Waals surface area contributed by atoms with Gasteiger partial charge in [-0.25, -0.2) is 9.47 Å². The van der Waals surface area contributed by atoms with Crippen molar-refractivity contribution in [2.75, 3.05) is 5.43 Å². The number of hydrogen-bond acceptors (Lipinski definition) is 3. The Morgan fingerprint density at radius 1 is 1.21 bits per heavy atom. The van der Waals surface area contributed by atoms with Crippen LogP contribution in [0.3, 0.4) is 0 Å². The highest BCUT2D eigenvalue weighted by Crippen LogP contribution is 2.17. The summed E-state index contributed by atoms with van der Waals surface area (Å²) in [6.45, 7) is 2.14. The first-order valence-corrected chi connectivity index (χ1v) is 6.37. The normalized spacial score (nSPS) is 10.4. The van der Waals surface area contributed by atoms with E-state index in [4.69, 9.17) is 0 Å². The molecule has 2 rings (SSSR count). The minimum atomic E-state index is -0.474. The molecule has 1 aromatic carbocycles. The van der Waals surface area contributed by atoms with Crippen LogP contribution in [0.15, 0.2) is 46.1 Å². The fraction of sp³-hybridized carbons (Fsp3) is 0.286. The average molecular weight is 259 g/mol. The topological polar surface area (TPSA) is 66.9 Å². The molecule has 5 heteroatoms. The summed E-state index contributed by atoms with van der Waals surface area (Å²) in [7, 11) is 0. The number of H-pyrrole nitrogens is 1. The van der Waals surface area contributed by atoms with Gasteiger partial charge < -0.3 is 0 Å². The number of aromatic nitrogens is 2. The van der Waals surface area contributed by atoms with E-state index < -0.39 is 11.2 Å². The number of hydrogen-bond donors (Lipinski definition) is 2. The number of benzene rings is 1. The Kier molecular flexibility index (Phi) is 4.18. The van der Waals surface area contributed by atoms with Gasteiger partial charge in [-0.2, -0.15) is 0 Å². The van der Waals surface area contributed by atoms with Crippen LogP contribution in [0.2, 0.25) is 0 Å². The van der Waals surface area contributed by atoms with Crippen molar-refractivity contribution in [2.24, 2.45) is 0 Å². The van der Waals surface area contributed by atoms with Gasteiger partial charge in [-0.15, -0.1) is 0 Å². The summed E-state index contributed by atoms with van der Waals surface area (Å²) < 4.78 is 1.27. The molecule has 0 fully saturated rings. The Morgan fingerprint density at radius 3 is 2.74 bits per heavy atom. The Hall–Kier alpha value is -2.30. The van der Waals surface area contributed by atoms with Crippen molar-refractivity contribution in [3.8, 4) is 0 Å².